The molecule has 3 rings (SSSR count). The van der Waals surface area contributed by atoms with Crippen LogP contribution in [0.5, 0.6) is 5.75 Å². The minimum Gasteiger partial charge on any atom is -0.487 e. The van der Waals surface area contributed by atoms with Gasteiger partial charge in [-0.25, -0.2) is 0 Å². The van der Waals surface area contributed by atoms with Crippen molar-refractivity contribution in [2.24, 2.45) is 5.73 Å². The molecule has 1 amide bonds. The molecule has 0 spiro atoms. The predicted molar refractivity (Wildman–Crippen MR) is 90.3 cm³/mol. The van der Waals surface area contributed by atoms with Gasteiger partial charge in [0.25, 0.3) is 0 Å². The van der Waals surface area contributed by atoms with E-state index in [9.17, 15) is 4.79 Å². The molecule has 120 valence electrons. The molecule has 0 fully saturated rings. The molecule has 2 aromatic carbocycles. The summed E-state index contributed by atoms with van der Waals surface area (Å²) in [6.07, 6.45) is 0.888. The fourth-order valence-electron chi connectivity index (χ4n) is 3.06. The van der Waals surface area contributed by atoms with Gasteiger partial charge in [0.15, 0.2) is 0 Å². The van der Waals surface area contributed by atoms with Crippen molar-refractivity contribution in [1.29, 1.82) is 0 Å². The van der Waals surface area contributed by atoms with E-state index in [0.29, 0.717) is 12.1 Å². The van der Waals surface area contributed by atoms with Crippen LogP contribution in [0.15, 0.2) is 48.5 Å². The highest BCUT2D eigenvalue weighted by Crippen LogP contribution is 2.39. The summed E-state index contributed by atoms with van der Waals surface area (Å²) in [6, 6.07) is 15.8. The maximum Gasteiger partial charge on any atom is 0.248 e. The summed E-state index contributed by atoms with van der Waals surface area (Å²) in [5.41, 5.74) is 7.90. The van der Waals surface area contributed by atoms with Crippen LogP contribution in [-0.4, -0.2) is 11.5 Å². The topological polar surface area (TPSA) is 64.3 Å². The molecule has 3 N–H and O–H groups in total. The summed E-state index contributed by atoms with van der Waals surface area (Å²) in [7, 11) is 0. The van der Waals surface area contributed by atoms with E-state index in [1.54, 1.807) is 6.07 Å². The number of fused-ring (bicyclic) bond motifs is 1. The Kier molecular flexibility index (Phi) is 4.09. The molecule has 4 nitrogen and oxygen atoms in total. The van der Waals surface area contributed by atoms with Crippen molar-refractivity contribution in [3.05, 3.63) is 65.2 Å². The minimum absolute atomic E-state index is 0.207. The third-order valence-corrected chi connectivity index (χ3v) is 4.14. The molecule has 0 saturated carbocycles. The molecular weight excluding hydrogens is 288 g/mol. The molecule has 1 heterocycles. The molecule has 0 saturated heterocycles. The molecule has 0 unspecified atom stereocenters. The Hall–Kier alpha value is -2.33. The number of benzene rings is 2. The first-order valence-corrected chi connectivity index (χ1v) is 7.85. The average Bonchev–Trinajstić information content (AvgIpc) is 2.52. The number of nitrogens with one attached hydrogen (secondary N) is 1. The zero-order valence-corrected chi connectivity index (χ0v) is 13.5. The van der Waals surface area contributed by atoms with Crippen LogP contribution in [0.1, 0.15) is 47.8 Å². The Morgan fingerprint density at radius 1 is 1.26 bits per heavy atom. The molecule has 1 aliphatic rings. The quantitative estimate of drug-likeness (QED) is 0.911. The Balaban J connectivity index is 1.78. The van der Waals surface area contributed by atoms with Crippen molar-refractivity contribution < 1.29 is 9.53 Å². The highest BCUT2D eigenvalue weighted by atomic mass is 16.5. The summed E-state index contributed by atoms with van der Waals surface area (Å²) in [4.78, 5) is 11.3. The molecule has 23 heavy (non-hydrogen) atoms. The Labute approximate surface area is 136 Å². The lowest BCUT2D eigenvalue weighted by atomic mass is 9.89. The van der Waals surface area contributed by atoms with Gasteiger partial charge in [0.2, 0.25) is 5.91 Å². The van der Waals surface area contributed by atoms with Crippen molar-refractivity contribution in [3.8, 4) is 5.75 Å². The Bertz CT molecular complexity index is 725. The maximum atomic E-state index is 11.3. The van der Waals surface area contributed by atoms with E-state index in [4.69, 9.17) is 10.5 Å². The lowest BCUT2D eigenvalue weighted by Crippen LogP contribution is -2.39. The number of para-hydroxylation sites is 1. The first-order chi connectivity index (χ1) is 10.9. The van der Waals surface area contributed by atoms with E-state index in [0.717, 1.165) is 17.7 Å². The van der Waals surface area contributed by atoms with Gasteiger partial charge in [-0.2, -0.15) is 0 Å². The van der Waals surface area contributed by atoms with Gasteiger partial charge >= 0.3 is 0 Å². The van der Waals surface area contributed by atoms with Crippen molar-refractivity contribution in [3.63, 3.8) is 0 Å². The van der Waals surface area contributed by atoms with Crippen molar-refractivity contribution in [2.75, 3.05) is 0 Å². The fraction of sp³-hybridized carbons (Fsp3) is 0.316. The SMILES string of the molecule is CC1(C)C[C@@H](NCc2cccc(C(N)=O)c2)c2ccccc2O1. The summed E-state index contributed by atoms with van der Waals surface area (Å²) < 4.78 is 6.05. The molecular formula is C19H22N2O2. The number of hydrogen-bond acceptors (Lipinski definition) is 3. The number of amides is 1. The number of carbonyl (C=O) groups excluding carboxylic acids is 1. The van der Waals surface area contributed by atoms with Gasteiger partial charge in [-0.3, -0.25) is 4.79 Å². The van der Waals surface area contributed by atoms with E-state index in [1.165, 1.54) is 5.56 Å². The van der Waals surface area contributed by atoms with Gasteiger partial charge in [-0.1, -0.05) is 30.3 Å². The summed E-state index contributed by atoms with van der Waals surface area (Å²) in [5.74, 6) is 0.538. The zero-order valence-electron chi connectivity index (χ0n) is 13.5. The van der Waals surface area contributed by atoms with Crippen molar-refractivity contribution >= 4 is 5.91 Å². The van der Waals surface area contributed by atoms with Crippen LogP contribution < -0.4 is 15.8 Å². The highest BCUT2D eigenvalue weighted by Gasteiger charge is 2.33. The van der Waals surface area contributed by atoms with E-state index in [2.05, 4.69) is 25.2 Å². The molecule has 0 aromatic heterocycles. The standard InChI is InChI=1S/C19H22N2O2/c1-19(2)11-16(15-8-3-4-9-17(15)23-19)21-12-13-6-5-7-14(10-13)18(20)22/h3-10,16,21H,11-12H2,1-2H3,(H2,20,22)/t16-/m1/s1. The minimum atomic E-state index is -0.399. The number of carbonyl (C=O) groups is 1. The number of hydrogen-bond donors (Lipinski definition) is 2. The number of primary amides is 1. The zero-order chi connectivity index (χ0) is 16.4. The van der Waals surface area contributed by atoms with Crippen LogP contribution in [0.3, 0.4) is 0 Å². The lowest BCUT2D eigenvalue weighted by Gasteiger charge is -2.38. The van der Waals surface area contributed by atoms with Crippen molar-refractivity contribution in [2.45, 2.75) is 38.5 Å². The molecule has 1 aliphatic heterocycles. The third-order valence-electron chi connectivity index (χ3n) is 4.14. The molecule has 1 atom stereocenters. The third kappa shape index (κ3) is 3.54. The fourth-order valence-corrected chi connectivity index (χ4v) is 3.06. The van der Waals surface area contributed by atoms with Gasteiger partial charge in [0, 0.05) is 30.1 Å². The van der Waals surface area contributed by atoms with Crippen LogP contribution in [0.4, 0.5) is 0 Å². The molecule has 0 radical (unpaired) electrons. The van der Waals surface area contributed by atoms with Gasteiger partial charge in [0.05, 0.1) is 0 Å². The number of ether oxygens (including phenoxy) is 1. The van der Waals surface area contributed by atoms with Gasteiger partial charge in [-0.05, 0) is 37.6 Å². The van der Waals surface area contributed by atoms with E-state index in [-0.39, 0.29) is 11.6 Å². The summed E-state index contributed by atoms with van der Waals surface area (Å²) in [5, 5.41) is 3.58. The van der Waals surface area contributed by atoms with Crippen LogP contribution in [-0.2, 0) is 6.54 Å². The number of nitrogens with two attached hydrogens (primary N) is 1. The van der Waals surface area contributed by atoms with E-state index >= 15 is 0 Å². The summed E-state index contributed by atoms with van der Waals surface area (Å²) >= 11 is 0. The van der Waals surface area contributed by atoms with Gasteiger partial charge in [-0.15, -0.1) is 0 Å². The normalized spacial score (nSPS) is 18.8. The lowest BCUT2D eigenvalue weighted by molar-refractivity contribution is 0.0657. The van der Waals surface area contributed by atoms with Crippen LogP contribution in [0.2, 0.25) is 0 Å². The monoisotopic (exact) mass is 310 g/mol. The van der Waals surface area contributed by atoms with E-state index < -0.39 is 5.91 Å². The average molecular weight is 310 g/mol. The van der Waals surface area contributed by atoms with E-state index in [1.807, 2.05) is 36.4 Å². The van der Waals surface area contributed by atoms with Crippen LogP contribution in [0, 0.1) is 0 Å². The molecule has 2 aromatic rings. The smallest absolute Gasteiger partial charge is 0.248 e. The largest absolute Gasteiger partial charge is 0.487 e. The van der Waals surface area contributed by atoms with Crippen molar-refractivity contribution in [1.82, 2.24) is 5.32 Å². The molecule has 4 heteroatoms. The Morgan fingerprint density at radius 3 is 2.83 bits per heavy atom. The highest BCUT2D eigenvalue weighted by molar-refractivity contribution is 5.92. The van der Waals surface area contributed by atoms with Gasteiger partial charge in [0.1, 0.15) is 11.4 Å². The maximum absolute atomic E-state index is 11.3. The first kappa shape index (κ1) is 15.6. The first-order valence-electron chi connectivity index (χ1n) is 7.85. The second kappa shape index (κ2) is 6.05. The van der Waals surface area contributed by atoms with Gasteiger partial charge < -0.3 is 15.8 Å². The second-order valence-corrected chi connectivity index (χ2v) is 6.60. The number of rotatable bonds is 4. The molecule has 0 bridgehead atoms. The molecule has 0 aliphatic carbocycles. The Morgan fingerprint density at radius 2 is 2.04 bits per heavy atom. The van der Waals surface area contributed by atoms with Crippen LogP contribution in [0.25, 0.3) is 0 Å². The predicted octanol–water partition coefficient (Wildman–Crippen LogP) is 3.18. The second-order valence-electron chi connectivity index (χ2n) is 6.60. The van der Waals surface area contributed by atoms with Crippen LogP contribution >= 0.6 is 0 Å². The summed E-state index contributed by atoms with van der Waals surface area (Å²) in [6.45, 7) is 4.88.